The van der Waals surface area contributed by atoms with E-state index in [4.69, 9.17) is 4.74 Å². The van der Waals surface area contributed by atoms with Crippen LogP contribution in [0.5, 0.6) is 0 Å². The van der Waals surface area contributed by atoms with E-state index < -0.39 is 0 Å². The maximum absolute atomic E-state index is 6.13. The van der Waals surface area contributed by atoms with Gasteiger partial charge in [-0.25, -0.2) is 0 Å². The zero-order valence-corrected chi connectivity index (χ0v) is 12.8. The first-order valence-electron chi connectivity index (χ1n) is 7.41. The molecule has 18 heavy (non-hydrogen) atoms. The van der Waals surface area contributed by atoms with Crippen LogP contribution < -0.4 is 5.32 Å². The van der Waals surface area contributed by atoms with Gasteiger partial charge in [0, 0.05) is 6.04 Å². The highest BCUT2D eigenvalue weighted by atomic mass is 16.5. The molecular formula is C15H30N2O. The Balaban J connectivity index is 1.80. The summed E-state index contributed by atoms with van der Waals surface area (Å²) in [6, 6.07) is 0.493. The second kappa shape index (κ2) is 5.10. The van der Waals surface area contributed by atoms with E-state index in [1.54, 1.807) is 0 Å². The van der Waals surface area contributed by atoms with Crippen molar-refractivity contribution >= 4 is 0 Å². The van der Waals surface area contributed by atoms with Gasteiger partial charge in [0.1, 0.15) is 0 Å². The third-order valence-corrected chi connectivity index (χ3v) is 4.57. The third kappa shape index (κ3) is 3.46. The summed E-state index contributed by atoms with van der Waals surface area (Å²) in [6.45, 7) is 12.5. The molecule has 2 heterocycles. The molecule has 2 fully saturated rings. The number of hydrogen-bond donors (Lipinski definition) is 1. The summed E-state index contributed by atoms with van der Waals surface area (Å²) >= 11 is 0. The van der Waals surface area contributed by atoms with Crippen LogP contribution >= 0.6 is 0 Å². The van der Waals surface area contributed by atoms with Crippen LogP contribution in [-0.4, -0.2) is 48.8 Å². The molecule has 0 radical (unpaired) electrons. The van der Waals surface area contributed by atoms with Crippen LogP contribution in [0.2, 0.25) is 0 Å². The average molecular weight is 254 g/mol. The van der Waals surface area contributed by atoms with Crippen LogP contribution in [-0.2, 0) is 4.74 Å². The van der Waals surface area contributed by atoms with Gasteiger partial charge in [-0.2, -0.15) is 0 Å². The number of likely N-dealkylation sites (tertiary alicyclic amines) is 1. The zero-order chi connectivity index (χ0) is 13.4. The number of rotatable bonds is 3. The first-order chi connectivity index (χ1) is 8.28. The van der Waals surface area contributed by atoms with E-state index in [0.29, 0.717) is 6.04 Å². The van der Waals surface area contributed by atoms with Crippen molar-refractivity contribution in [1.29, 1.82) is 0 Å². The monoisotopic (exact) mass is 254 g/mol. The molecule has 1 atom stereocenters. The van der Waals surface area contributed by atoms with Crippen LogP contribution in [0.15, 0.2) is 0 Å². The van der Waals surface area contributed by atoms with E-state index >= 15 is 0 Å². The predicted octanol–water partition coefficient (Wildman–Crippen LogP) is 2.26. The van der Waals surface area contributed by atoms with Crippen molar-refractivity contribution in [3.8, 4) is 0 Å². The molecule has 1 N–H and O–H groups in total. The minimum atomic E-state index is -0.0328. The molecule has 0 saturated carbocycles. The molecular weight excluding hydrogens is 224 g/mol. The lowest BCUT2D eigenvalue weighted by molar-refractivity contribution is -0.0700. The largest absolute Gasteiger partial charge is 0.368 e. The van der Waals surface area contributed by atoms with Gasteiger partial charge in [0.05, 0.1) is 11.2 Å². The van der Waals surface area contributed by atoms with Gasteiger partial charge in [-0.05, 0) is 79.6 Å². The molecule has 3 nitrogen and oxygen atoms in total. The summed E-state index contributed by atoms with van der Waals surface area (Å²) in [5, 5.41) is 3.77. The molecule has 0 spiro atoms. The molecule has 2 aliphatic heterocycles. The molecule has 3 heteroatoms. The molecule has 2 aliphatic rings. The summed E-state index contributed by atoms with van der Waals surface area (Å²) < 4.78 is 6.13. The average Bonchev–Trinajstić information content (AvgIpc) is 2.45. The molecule has 2 saturated heterocycles. The summed E-state index contributed by atoms with van der Waals surface area (Å²) in [6.07, 6.45) is 3.79. The van der Waals surface area contributed by atoms with Gasteiger partial charge in [-0.15, -0.1) is 0 Å². The maximum atomic E-state index is 6.13. The van der Waals surface area contributed by atoms with Crippen molar-refractivity contribution in [2.24, 2.45) is 5.92 Å². The van der Waals surface area contributed by atoms with Gasteiger partial charge in [-0.1, -0.05) is 0 Å². The Hall–Kier alpha value is -0.120. The SMILES string of the molecule is CN1CCC(CNC2CC(C)(C)OC2(C)C)CC1. The highest BCUT2D eigenvalue weighted by Gasteiger charge is 2.45. The lowest BCUT2D eigenvalue weighted by Gasteiger charge is -2.32. The van der Waals surface area contributed by atoms with Crippen LogP contribution in [0, 0.1) is 5.92 Å². The standard InChI is InChI=1S/C15H30N2O/c1-14(2)10-13(15(3,4)18-14)16-11-12-6-8-17(5)9-7-12/h12-13,16H,6-11H2,1-5H3. The van der Waals surface area contributed by atoms with Crippen molar-refractivity contribution in [3.63, 3.8) is 0 Å². The lowest BCUT2D eigenvalue weighted by atomic mass is 9.92. The van der Waals surface area contributed by atoms with Crippen LogP contribution in [0.25, 0.3) is 0 Å². The first kappa shape index (κ1) is 14.3. The van der Waals surface area contributed by atoms with Gasteiger partial charge in [0.15, 0.2) is 0 Å². The van der Waals surface area contributed by atoms with Gasteiger partial charge in [0.2, 0.25) is 0 Å². The summed E-state index contributed by atoms with van der Waals surface area (Å²) in [7, 11) is 2.22. The molecule has 1 unspecified atom stereocenters. The number of hydrogen-bond acceptors (Lipinski definition) is 3. The Labute approximate surface area is 112 Å². The summed E-state index contributed by atoms with van der Waals surface area (Å²) in [5.74, 6) is 0.848. The Morgan fingerprint density at radius 3 is 2.28 bits per heavy atom. The van der Waals surface area contributed by atoms with Gasteiger partial charge in [-0.3, -0.25) is 0 Å². The highest BCUT2D eigenvalue weighted by molar-refractivity contribution is 4.99. The van der Waals surface area contributed by atoms with E-state index in [1.165, 1.54) is 25.9 Å². The summed E-state index contributed by atoms with van der Waals surface area (Å²) in [4.78, 5) is 2.43. The zero-order valence-electron chi connectivity index (χ0n) is 12.8. The molecule has 0 amide bonds. The van der Waals surface area contributed by atoms with E-state index in [2.05, 4.69) is 45.0 Å². The number of nitrogens with one attached hydrogen (secondary N) is 1. The van der Waals surface area contributed by atoms with Crippen molar-refractivity contribution in [1.82, 2.24) is 10.2 Å². The third-order valence-electron chi connectivity index (χ3n) is 4.57. The molecule has 0 aliphatic carbocycles. The van der Waals surface area contributed by atoms with E-state index in [-0.39, 0.29) is 11.2 Å². The van der Waals surface area contributed by atoms with Crippen LogP contribution in [0.3, 0.4) is 0 Å². The normalized spacial score (nSPS) is 32.8. The topological polar surface area (TPSA) is 24.5 Å². The molecule has 106 valence electrons. The van der Waals surface area contributed by atoms with Crippen molar-refractivity contribution < 1.29 is 4.74 Å². The molecule has 0 aromatic rings. The van der Waals surface area contributed by atoms with Gasteiger partial charge in [0.25, 0.3) is 0 Å². The molecule has 0 bridgehead atoms. The van der Waals surface area contributed by atoms with Gasteiger partial charge >= 0.3 is 0 Å². The predicted molar refractivity (Wildman–Crippen MR) is 75.9 cm³/mol. The fourth-order valence-corrected chi connectivity index (χ4v) is 3.46. The Bertz CT molecular complexity index is 280. The number of ether oxygens (including phenoxy) is 1. The van der Waals surface area contributed by atoms with Crippen LogP contribution in [0.4, 0.5) is 0 Å². The maximum Gasteiger partial charge on any atom is 0.0787 e. The Kier molecular flexibility index (Phi) is 4.05. The minimum absolute atomic E-state index is 0.0218. The van der Waals surface area contributed by atoms with Gasteiger partial charge < -0.3 is 15.0 Å². The molecule has 0 aromatic heterocycles. The summed E-state index contributed by atoms with van der Waals surface area (Å²) in [5.41, 5.74) is -0.0110. The van der Waals surface area contributed by atoms with E-state index in [9.17, 15) is 0 Å². The fraction of sp³-hybridized carbons (Fsp3) is 1.00. The van der Waals surface area contributed by atoms with E-state index in [1.807, 2.05) is 0 Å². The Morgan fingerprint density at radius 2 is 1.78 bits per heavy atom. The minimum Gasteiger partial charge on any atom is -0.368 e. The molecule has 0 aromatic carbocycles. The second-order valence-electron chi connectivity index (χ2n) is 7.38. The van der Waals surface area contributed by atoms with Crippen LogP contribution in [0.1, 0.15) is 47.0 Å². The fourth-order valence-electron chi connectivity index (χ4n) is 3.46. The Morgan fingerprint density at radius 1 is 1.17 bits per heavy atom. The van der Waals surface area contributed by atoms with E-state index in [0.717, 1.165) is 18.9 Å². The number of piperidine rings is 1. The van der Waals surface area contributed by atoms with Crippen molar-refractivity contribution in [2.75, 3.05) is 26.7 Å². The van der Waals surface area contributed by atoms with Crippen molar-refractivity contribution in [3.05, 3.63) is 0 Å². The quantitative estimate of drug-likeness (QED) is 0.836. The highest BCUT2D eigenvalue weighted by Crippen LogP contribution is 2.37. The number of nitrogens with zero attached hydrogens (tertiary/aromatic N) is 1. The first-order valence-corrected chi connectivity index (χ1v) is 7.41. The molecule has 2 rings (SSSR count). The van der Waals surface area contributed by atoms with Crippen molar-refractivity contribution in [2.45, 2.75) is 64.2 Å². The smallest absolute Gasteiger partial charge is 0.0787 e. The second-order valence-corrected chi connectivity index (χ2v) is 7.38. The lowest BCUT2D eigenvalue weighted by Crippen LogP contribution is -2.46.